The second-order valence-electron chi connectivity index (χ2n) is 5.92. The predicted octanol–water partition coefficient (Wildman–Crippen LogP) is 2.55. The van der Waals surface area contributed by atoms with Gasteiger partial charge < -0.3 is 20.1 Å². The van der Waals surface area contributed by atoms with E-state index in [9.17, 15) is 9.59 Å². The third-order valence-corrected chi connectivity index (χ3v) is 3.99. The molecule has 0 fully saturated rings. The fourth-order valence-corrected chi connectivity index (χ4v) is 2.63. The first-order valence-electron chi connectivity index (χ1n) is 8.47. The Labute approximate surface area is 160 Å². The number of fused-ring (bicyclic) bond motifs is 1. The topological polar surface area (TPSA) is 105 Å². The van der Waals surface area contributed by atoms with Crippen molar-refractivity contribution in [2.45, 2.75) is 0 Å². The van der Waals surface area contributed by atoms with E-state index in [1.807, 2.05) is 6.07 Å². The SMILES string of the molecule is O=C(Nc1ccn[nH]1)/C(=C\c1ccc2c(c1)OCO2)NC(=O)c1ccccc1. The van der Waals surface area contributed by atoms with E-state index in [0.717, 1.165) is 0 Å². The summed E-state index contributed by atoms with van der Waals surface area (Å²) >= 11 is 0. The van der Waals surface area contributed by atoms with Gasteiger partial charge in [0.25, 0.3) is 11.8 Å². The zero-order valence-corrected chi connectivity index (χ0v) is 14.6. The maximum Gasteiger partial charge on any atom is 0.273 e. The van der Waals surface area contributed by atoms with E-state index in [2.05, 4.69) is 20.8 Å². The largest absolute Gasteiger partial charge is 0.454 e. The number of aromatic amines is 1. The lowest BCUT2D eigenvalue weighted by Crippen LogP contribution is -2.30. The zero-order valence-electron chi connectivity index (χ0n) is 14.6. The normalized spacial score (nSPS) is 12.5. The summed E-state index contributed by atoms with van der Waals surface area (Å²) in [6.45, 7) is 0.153. The van der Waals surface area contributed by atoms with Crippen molar-refractivity contribution in [2.75, 3.05) is 12.1 Å². The van der Waals surface area contributed by atoms with E-state index < -0.39 is 11.8 Å². The van der Waals surface area contributed by atoms with Crippen molar-refractivity contribution in [1.82, 2.24) is 15.5 Å². The van der Waals surface area contributed by atoms with Crippen LogP contribution in [0.3, 0.4) is 0 Å². The molecular weight excluding hydrogens is 360 g/mol. The van der Waals surface area contributed by atoms with Crippen molar-refractivity contribution in [2.24, 2.45) is 0 Å². The molecule has 0 saturated heterocycles. The molecule has 0 radical (unpaired) electrons. The van der Waals surface area contributed by atoms with Gasteiger partial charge in [-0.3, -0.25) is 14.7 Å². The monoisotopic (exact) mass is 376 g/mol. The highest BCUT2D eigenvalue weighted by Gasteiger charge is 2.17. The molecule has 3 N–H and O–H groups in total. The number of ether oxygens (including phenoxy) is 2. The number of benzene rings is 2. The van der Waals surface area contributed by atoms with Gasteiger partial charge in [-0.2, -0.15) is 5.10 Å². The molecule has 1 aliphatic heterocycles. The molecular formula is C20H16N4O4. The molecule has 3 aromatic rings. The Bertz CT molecular complexity index is 1030. The molecule has 0 spiro atoms. The van der Waals surface area contributed by atoms with Gasteiger partial charge in [-0.15, -0.1) is 0 Å². The third kappa shape index (κ3) is 3.85. The van der Waals surface area contributed by atoms with Crippen molar-refractivity contribution in [3.8, 4) is 11.5 Å². The lowest BCUT2D eigenvalue weighted by atomic mass is 10.1. The molecule has 8 nitrogen and oxygen atoms in total. The Balaban J connectivity index is 1.62. The summed E-state index contributed by atoms with van der Waals surface area (Å²) in [5.41, 5.74) is 1.18. The van der Waals surface area contributed by atoms with Gasteiger partial charge in [-0.05, 0) is 35.9 Å². The van der Waals surface area contributed by atoms with E-state index >= 15 is 0 Å². The Kier molecular flexibility index (Phi) is 4.75. The minimum atomic E-state index is -0.494. The summed E-state index contributed by atoms with van der Waals surface area (Å²) in [5, 5.41) is 11.8. The number of hydrogen-bond donors (Lipinski definition) is 3. The van der Waals surface area contributed by atoms with Gasteiger partial charge in [0, 0.05) is 11.6 Å². The summed E-state index contributed by atoms with van der Waals surface area (Å²) in [5.74, 6) is 0.736. The van der Waals surface area contributed by atoms with Gasteiger partial charge in [-0.1, -0.05) is 24.3 Å². The molecule has 0 saturated carbocycles. The fourth-order valence-electron chi connectivity index (χ4n) is 2.63. The smallest absolute Gasteiger partial charge is 0.273 e. The molecule has 8 heteroatoms. The Morgan fingerprint density at radius 2 is 1.86 bits per heavy atom. The van der Waals surface area contributed by atoms with Crippen LogP contribution in [0.2, 0.25) is 0 Å². The number of carbonyl (C=O) groups excluding carboxylic acids is 2. The lowest BCUT2D eigenvalue weighted by molar-refractivity contribution is -0.113. The fraction of sp³-hybridized carbons (Fsp3) is 0.0500. The minimum absolute atomic E-state index is 0.0716. The van der Waals surface area contributed by atoms with Crippen LogP contribution in [0.15, 0.2) is 66.5 Å². The number of amides is 2. The van der Waals surface area contributed by atoms with Crippen LogP contribution in [0, 0.1) is 0 Å². The summed E-state index contributed by atoms with van der Waals surface area (Å²) in [7, 11) is 0. The van der Waals surface area contributed by atoms with Crippen molar-refractivity contribution < 1.29 is 19.1 Å². The molecule has 0 bridgehead atoms. The maximum absolute atomic E-state index is 12.7. The van der Waals surface area contributed by atoms with Gasteiger partial charge in [-0.25, -0.2) is 0 Å². The molecule has 2 heterocycles. The van der Waals surface area contributed by atoms with E-state index in [1.165, 1.54) is 6.20 Å². The number of aromatic nitrogens is 2. The number of rotatable bonds is 5. The van der Waals surface area contributed by atoms with Crippen LogP contribution in [0.1, 0.15) is 15.9 Å². The van der Waals surface area contributed by atoms with E-state index in [-0.39, 0.29) is 12.5 Å². The first kappa shape index (κ1) is 17.3. The summed E-state index contributed by atoms with van der Waals surface area (Å²) in [6.07, 6.45) is 3.08. The van der Waals surface area contributed by atoms with Crippen molar-refractivity contribution in [1.29, 1.82) is 0 Å². The van der Waals surface area contributed by atoms with Crippen LogP contribution in [-0.4, -0.2) is 28.8 Å². The first-order chi connectivity index (χ1) is 13.7. The molecule has 140 valence electrons. The van der Waals surface area contributed by atoms with Crippen LogP contribution in [-0.2, 0) is 4.79 Å². The van der Waals surface area contributed by atoms with E-state index in [0.29, 0.717) is 28.4 Å². The average Bonchev–Trinajstić information content (AvgIpc) is 3.39. The van der Waals surface area contributed by atoms with E-state index in [4.69, 9.17) is 9.47 Å². The highest BCUT2D eigenvalue weighted by atomic mass is 16.7. The summed E-state index contributed by atoms with van der Waals surface area (Å²) in [6, 6.07) is 15.5. The number of H-pyrrole nitrogens is 1. The van der Waals surface area contributed by atoms with Crippen LogP contribution >= 0.6 is 0 Å². The molecule has 0 atom stereocenters. The number of nitrogens with one attached hydrogen (secondary N) is 3. The molecule has 28 heavy (non-hydrogen) atoms. The number of hydrogen-bond acceptors (Lipinski definition) is 5. The minimum Gasteiger partial charge on any atom is -0.454 e. The number of anilines is 1. The molecule has 4 rings (SSSR count). The number of nitrogens with zero attached hydrogens (tertiary/aromatic N) is 1. The van der Waals surface area contributed by atoms with Crippen LogP contribution in [0.25, 0.3) is 6.08 Å². The van der Waals surface area contributed by atoms with Gasteiger partial charge in [0.05, 0.1) is 6.20 Å². The maximum atomic E-state index is 12.7. The van der Waals surface area contributed by atoms with Crippen molar-refractivity contribution in [3.05, 3.63) is 77.6 Å². The molecule has 2 amide bonds. The lowest BCUT2D eigenvalue weighted by Gasteiger charge is -2.10. The van der Waals surface area contributed by atoms with Crippen LogP contribution in [0.4, 0.5) is 5.82 Å². The molecule has 2 aromatic carbocycles. The van der Waals surface area contributed by atoms with Crippen LogP contribution in [0.5, 0.6) is 11.5 Å². The van der Waals surface area contributed by atoms with E-state index in [1.54, 1.807) is 54.6 Å². The number of carbonyl (C=O) groups is 2. The molecule has 1 aliphatic rings. The average molecular weight is 376 g/mol. The quantitative estimate of drug-likeness (QED) is 0.594. The highest BCUT2D eigenvalue weighted by molar-refractivity contribution is 6.10. The van der Waals surface area contributed by atoms with Crippen molar-refractivity contribution in [3.63, 3.8) is 0 Å². The molecule has 0 unspecified atom stereocenters. The zero-order chi connectivity index (χ0) is 19.3. The summed E-state index contributed by atoms with van der Waals surface area (Å²) < 4.78 is 10.7. The van der Waals surface area contributed by atoms with Gasteiger partial charge in [0.15, 0.2) is 11.5 Å². The Morgan fingerprint density at radius 3 is 2.64 bits per heavy atom. The third-order valence-electron chi connectivity index (χ3n) is 3.99. The Morgan fingerprint density at radius 1 is 1.04 bits per heavy atom. The second kappa shape index (κ2) is 7.67. The van der Waals surface area contributed by atoms with Crippen molar-refractivity contribution >= 4 is 23.7 Å². The Hall–Kier alpha value is -4.07. The molecule has 1 aromatic heterocycles. The van der Waals surface area contributed by atoms with Crippen LogP contribution < -0.4 is 20.1 Å². The predicted molar refractivity (Wildman–Crippen MR) is 102 cm³/mol. The molecule has 0 aliphatic carbocycles. The van der Waals surface area contributed by atoms with Gasteiger partial charge in [0.2, 0.25) is 6.79 Å². The summed E-state index contributed by atoms with van der Waals surface area (Å²) in [4.78, 5) is 25.3. The second-order valence-corrected chi connectivity index (χ2v) is 5.92. The first-order valence-corrected chi connectivity index (χ1v) is 8.47. The van der Waals surface area contributed by atoms with Gasteiger partial charge >= 0.3 is 0 Å². The standard InChI is InChI=1S/C20H16N4O4/c25-19(14-4-2-1-3-5-14)22-15(20(26)23-18-8-9-21-24-18)10-13-6-7-16-17(11-13)28-12-27-16/h1-11H,12H2,(H,22,25)(H2,21,23,24,26)/b15-10+. The van der Waals surface area contributed by atoms with Gasteiger partial charge in [0.1, 0.15) is 11.5 Å². The highest BCUT2D eigenvalue weighted by Crippen LogP contribution is 2.33.